The van der Waals surface area contributed by atoms with E-state index in [0.717, 1.165) is 38.6 Å². The average molecular weight is 440 g/mol. The molecule has 0 aromatic heterocycles. The first kappa shape index (κ1) is 27.4. The summed E-state index contributed by atoms with van der Waals surface area (Å²) in [6.07, 6.45) is 16.0. The van der Waals surface area contributed by atoms with Gasteiger partial charge in [-0.05, 0) is 32.1 Å². The largest absolute Gasteiger partial charge is 0.481 e. The van der Waals surface area contributed by atoms with Gasteiger partial charge in [-0.2, -0.15) is 0 Å². The molecule has 4 N–H and O–H groups in total. The van der Waals surface area contributed by atoms with Gasteiger partial charge in [0.15, 0.2) is 0 Å². The number of carboxylic acid groups (broad SMARTS) is 1. The second kappa shape index (κ2) is 17.0. The van der Waals surface area contributed by atoms with E-state index in [1.807, 2.05) is 4.90 Å². The molecule has 1 aliphatic heterocycles. The van der Waals surface area contributed by atoms with Crippen molar-refractivity contribution >= 4 is 17.8 Å². The van der Waals surface area contributed by atoms with Gasteiger partial charge in [0.05, 0.1) is 6.04 Å². The van der Waals surface area contributed by atoms with Crippen LogP contribution in [0.5, 0.6) is 0 Å². The van der Waals surface area contributed by atoms with E-state index in [-0.39, 0.29) is 30.7 Å². The molecule has 0 radical (unpaired) electrons. The van der Waals surface area contributed by atoms with Gasteiger partial charge in [0.2, 0.25) is 11.8 Å². The zero-order valence-corrected chi connectivity index (χ0v) is 19.6. The fraction of sp³-hybridized carbons (Fsp3) is 0.875. The lowest BCUT2D eigenvalue weighted by Gasteiger charge is -2.36. The molecule has 1 rings (SSSR count). The zero-order valence-electron chi connectivity index (χ0n) is 19.6. The number of piperidine rings is 1. The Morgan fingerprint density at radius 3 is 2.19 bits per heavy atom. The maximum absolute atomic E-state index is 12.7. The summed E-state index contributed by atoms with van der Waals surface area (Å²) in [6.45, 7) is 3.38. The van der Waals surface area contributed by atoms with Crippen molar-refractivity contribution in [1.29, 1.82) is 0 Å². The van der Waals surface area contributed by atoms with Crippen LogP contribution in [-0.4, -0.2) is 53.0 Å². The first-order valence-electron chi connectivity index (χ1n) is 12.5. The minimum absolute atomic E-state index is 0.0139. The number of unbranched alkanes of at least 4 members (excludes halogenated alkanes) is 9. The van der Waals surface area contributed by atoms with Crippen LogP contribution in [0, 0.1) is 0 Å². The number of carbonyl (C=O) groups is 3. The summed E-state index contributed by atoms with van der Waals surface area (Å²) in [6, 6.07) is -0.810. The SMILES string of the molecule is CCCCCCCCCCCCC(=O)N1CCCCC1CNC(=O)[C@@H](N)CCC(=O)O. The summed E-state index contributed by atoms with van der Waals surface area (Å²) in [5.41, 5.74) is 5.77. The first-order chi connectivity index (χ1) is 15.0. The van der Waals surface area contributed by atoms with Gasteiger partial charge in [-0.25, -0.2) is 0 Å². The molecular formula is C24H45N3O4. The standard InChI is InChI=1S/C24H45N3O4/c1-2-3-4-5-6-7-8-9-10-11-15-22(28)27-18-13-12-14-20(27)19-26-24(31)21(25)16-17-23(29)30/h20-21H,2-19,25H2,1H3,(H,26,31)(H,29,30)/t20?,21-/m0/s1. The summed E-state index contributed by atoms with van der Waals surface area (Å²) in [7, 11) is 0. The Labute approximate surface area is 188 Å². The second-order valence-electron chi connectivity index (χ2n) is 8.95. The van der Waals surface area contributed by atoms with E-state index in [4.69, 9.17) is 10.8 Å². The summed E-state index contributed by atoms with van der Waals surface area (Å²) in [5, 5.41) is 11.5. The number of carboxylic acids is 1. The van der Waals surface area contributed by atoms with Crippen LogP contribution in [0.1, 0.15) is 110 Å². The molecule has 0 aliphatic carbocycles. The maximum atomic E-state index is 12.7. The van der Waals surface area contributed by atoms with Crippen molar-refractivity contribution in [2.24, 2.45) is 5.73 Å². The quantitative estimate of drug-likeness (QED) is 0.297. The summed E-state index contributed by atoms with van der Waals surface area (Å²) in [5.74, 6) is -1.11. The van der Waals surface area contributed by atoms with Crippen molar-refractivity contribution in [3.05, 3.63) is 0 Å². The van der Waals surface area contributed by atoms with Crippen LogP contribution in [0.4, 0.5) is 0 Å². The number of nitrogens with zero attached hydrogens (tertiary/aromatic N) is 1. The summed E-state index contributed by atoms with van der Waals surface area (Å²) in [4.78, 5) is 37.4. The summed E-state index contributed by atoms with van der Waals surface area (Å²) >= 11 is 0. The van der Waals surface area contributed by atoms with Gasteiger partial charge in [0.25, 0.3) is 0 Å². The molecule has 0 aromatic rings. The second-order valence-corrected chi connectivity index (χ2v) is 8.95. The van der Waals surface area contributed by atoms with Gasteiger partial charge in [-0.15, -0.1) is 0 Å². The molecule has 1 saturated heterocycles. The number of amides is 2. The molecule has 31 heavy (non-hydrogen) atoms. The predicted molar refractivity (Wildman–Crippen MR) is 124 cm³/mol. The van der Waals surface area contributed by atoms with Crippen molar-refractivity contribution < 1.29 is 19.5 Å². The third kappa shape index (κ3) is 12.7. The number of hydrogen-bond donors (Lipinski definition) is 3. The lowest BCUT2D eigenvalue weighted by molar-refractivity contribution is -0.138. The van der Waals surface area contributed by atoms with E-state index in [1.54, 1.807) is 0 Å². The molecule has 1 heterocycles. The van der Waals surface area contributed by atoms with Gasteiger partial charge < -0.3 is 21.1 Å². The Bertz CT molecular complexity index is 527. The van der Waals surface area contributed by atoms with Crippen LogP contribution < -0.4 is 11.1 Å². The normalized spacial score (nSPS) is 17.4. The molecule has 1 fully saturated rings. The van der Waals surface area contributed by atoms with Crippen molar-refractivity contribution in [3.63, 3.8) is 0 Å². The minimum Gasteiger partial charge on any atom is -0.481 e. The minimum atomic E-state index is -0.959. The number of likely N-dealkylation sites (tertiary alicyclic amines) is 1. The van der Waals surface area contributed by atoms with Gasteiger partial charge in [-0.3, -0.25) is 14.4 Å². The van der Waals surface area contributed by atoms with Crippen LogP contribution in [0.2, 0.25) is 0 Å². The van der Waals surface area contributed by atoms with E-state index in [0.29, 0.717) is 13.0 Å². The van der Waals surface area contributed by atoms with Crippen LogP contribution in [0.3, 0.4) is 0 Å². The molecule has 0 saturated carbocycles. The molecule has 1 aliphatic rings. The number of carbonyl (C=O) groups excluding carboxylic acids is 2. The van der Waals surface area contributed by atoms with Gasteiger partial charge in [0.1, 0.15) is 0 Å². The molecule has 7 nitrogen and oxygen atoms in total. The molecule has 0 spiro atoms. The highest BCUT2D eigenvalue weighted by Crippen LogP contribution is 2.19. The Kier molecular flexibility index (Phi) is 15.0. The highest BCUT2D eigenvalue weighted by molar-refractivity contribution is 5.82. The Hall–Kier alpha value is -1.63. The Morgan fingerprint density at radius 2 is 1.58 bits per heavy atom. The van der Waals surface area contributed by atoms with Crippen LogP contribution >= 0.6 is 0 Å². The molecule has 0 aromatic carbocycles. The third-order valence-electron chi connectivity index (χ3n) is 6.21. The molecular weight excluding hydrogens is 394 g/mol. The van der Waals surface area contributed by atoms with E-state index < -0.39 is 12.0 Å². The first-order valence-corrected chi connectivity index (χ1v) is 12.5. The molecule has 2 amide bonds. The monoisotopic (exact) mass is 439 g/mol. The molecule has 180 valence electrons. The van der Waals surface area contributed by atoms with Crippen molar-refractivity contribution in [1.82, 2.24) is 10.2 Å². The average Bonchev–Trinajstić information content (AvgIpc) is 2.77. The third-order valence-corrected chi connectivity index (χ3v) is 6.21. The number of nitrogens with one attached hydrogen (secondary N) is 1. The van der Waals surface area contributed by atoms with Gasteiger partial charge in [0, 0.05) is 32.0 Å². The van der Waals surface area contributed by atoms with Crippen LogP contribution in [0.15, 0.2) is 0 Å². The fourth-order valence-electron chi connectivity index (χ4n) is 4.21. The maximum Gasteiger partial charge on any atom is 0.303 e. The van der Waals surface area contributed by atoms with Gasteiger partial charge in [-0.1, -0.05) is 64.7 Å². The van der Waals surface area contributed by atoms with Crippen molar-refractivity contribution in [2.45, 2.75) is 122 Å². The van der Waals surface area contributed by atoms with Crippen molar-refractivity contribution in [3.8, 4) is 0 Å². The van der Waals surface area contributed by atoms with E-state index >= 15 is 0 Å². The van der Waals surface area contributed by atoms with Crippen LogP contribution in [0.25, 0.3) is 0 Å². The number of aliphatic carboxylic acids is 1. The van der Waals surface area contributed by atoms with E-state index in [1.165, 1.54) is 51.4 Å². The van der Waals surface area contributed by atoms with E-state index in [2.05, 4.69) is 12.2 Å². The fourth-order valence-corrected chi connectivity index (χ4v) is 4.21. The Morgan fingerprint density at radius 1 is 0.968 bits per heavy atom. The lowest BCUT2D eigenvalue weighted by Crippen LogP contribution is -2.51. The smallest absolute Gasteiger partial charge is 0.303 e. The number of hydrogen-bond acceptors (Lipinski definition) is 4. The number of nitrogens with two attached hydrogens (primary N) is 1. The summed E-state index contributed by atoms with van der Waals surface area (Å²) < 4.78 is 0. The lowest BCUT2D eigenvalue weighted by atomic mass is 10.0. The Balaban J connectivity index is 2.22. The zero-order chi connectivity index (χ0) is 22.9. The predicted octanol–water partition coefficient (Wildman–Crippen LogP) is 3.99. The van der Waals surface area contributed by atoms with Crippen LogP contribution in [-0.2, 0) is 14.4 Å². The molecule has 1 unspecified atom stereocenters. The highest BCUT2D eigenvalue weighted by atomic mass is 16.4. The molecule has 7 heteroatoms. The topological polar surface area (TPSA) is 113 Å². The highest BCUT2D eigenvalue weighted by Gasteiger charge is 2.27. The van der Waals surface area contributed by atoms with E-state index in [9.17, 15) is 14.4 Å². The molecule has 0 bridgehead atoms. The van der Waals surface area contributed by atoms with Gasteiger partial charge >= 0.3 is 5.97 Å². The number of rotatable bonds is 17. The van der Waals surface area contributed by atoms with Crippen molar-refractivity contribution in [2.75, 3.05) is 13.1 Å². The molecule has 2 atom stereocenters.